The van der Waals surface area contributed by atoms with Gasteiger partial charge in [-0.15, -0.1) is 11.8 Å². The maximum absolute atomic E-state index is 13.3. The molecule has 0 spiro atoms. The first kappa shape index (κ1) is 20.3. The quantitative estimate of drug-likeness (QED) is 0.419. The van der Waals surface area contributed by atoms with E-state index in [1.165, 1.54) is 28.8 Å². The fourth-order valence-electron chi connectivity index (χ4n) is 3.19. The predicted octanol–water partition coefficient (Wildman–Crippen LogP) is 5.42. The summed E-state index contributed by atoms with van der Waals surface area (Å²) in [5, 5.41) is 0. The summed E-state index contributed by atoms with van der Waals surface area (Å²) in [5.41, 5.74) is 2.06. The lowest BCUT2D eigenvalue weighted by Crippen LogP contribution is -2.32. The number of rotatable bonds is 9. The smallest absolute Gasteiger partial charge is 0.267 e. The van der Waals surface area contributed by atoms with E-state index in [1.807, 2.05) is 30.3 Å². The van der Waals surface area contributed by atoms with Crippen molar-refractivity contribution in [3.63, 3.8) is 0 Å². The van der Waals surface area contributed by atoms with Gasteiger partial charge in [-0.05, 0) is 29.7 Å². The number of hydrogen-bond donors (Lipinski definition) is 0. The van der Waals surface area contributed by atoms with Gasteiger partial charge in [0.15, 0.2) is 0 Å². The normalized spacial score (nSPS) is 14.3. The monoisotopic (exact) mass is 397 g/mol. The number of imide groups is 1. The van der Waals surface area contributed by atoms with E-state index in [9.17, 15) is 14.0 Å². The molecule has 0 aliphatic carbocycles. The molecular weight excluding hydrogens is 373 g/mol. The van der Waals surface area contributed by atoms with Crippen LogP contribution in [0.3, 0.4) is 0 Å². The zero-order valence-electron chi connectivity index (χ0n) is 16.0. The van der Waals surface area contributed by atoms with Crippen LogP contribution in [-0.2, 0) is 15.3 Å². The van der Waals surface area contributed by atoms with Crippen molar-refractivity contribution < 1.29 is 14.0 Å². The van der Waals surface area contributed by atoms with Crippen LogP contribution in [-0.4, -0.2) is 23.3 Å². The molecule has 3 nitrogen and oxygen atoms in total. The second kappa shape index (κ2) is 9.69. The third-order valence-electron chi connectivity index (χ3n) is 4.72. The van der Waals surface area contributed by atoms with E-state index in [1.54, 1.807) is 12.1 Å². The molecule has 1 aliphatic rings. The van der Waals surface area contributed by atoms with Gasteiger partial charge in [-0.2, -0.15) is 0 Å². The predicted molar refractivity (Wildman–Crippen MR) is 112 cm³/mol. The van der Waals surface area contributed by atoms with E-state index in [2.05, 4.69) is 6.92 Å². The number of benzene rings is 2. The second-order valence-corrected chi connectivity index (χ2v) is 7.79. The van der Waals surface area contributed by atoms with E-state index in [-0.39, 0.29) is 17.6 Å². The van der Waals surface area contributed by atoms with Gasteiger partial charge >= 0.3 is 0 Å². The Morgan fingerprint density at radius 2 is 1.61 bits per heavy atom. The second-order valence-electron chi connectivity index (χ2n) is 6.81. The first-order chi connectivity index (χ1) is 13.6. The van der Waals surface area contributed by atoms with Gasteiger partial charge in [-0.25, -0.2) is 4.39 Å². The number of nitrogens with zero attached hydrogens (tertiary/aromatic N) is 1. The average Bonchev–Trinajstić information content (AvgIpc) is 2.95. The molecule has 5 heteroatoms. The molecule has 0 bridgehead atoms. The molecule has 0 radical (unpaired) electrons. The van der Waals surface area contributed by atoms with E-state index in [4.69, 9.17) is 0 Å². The number of carbonyl (C=O) groups excluding carboxylic acids is 2. The molecule has 0 aromatic heterocycles. The molecule has 2 amide bonds. The van der Waals surface area contributed by atoms with Gasteiger partial charge in [0.05, 0.1) is 10.5 Å². The van der Waals surface area contributed by atoms with Gasteiger partial charge in [-0.1, -0.05) is 68.7 Å². The molecule has 2 aromatic rings. The van der Waals surface area contributed by atoms with Gasteiger partial charge in [-0.3, -0.25) is 14.5 Å². The molecule has 146 valence electrons. The summed E-state index contributed by atoms with van der Waals surface area (Å²) in [6.45, 7) is 2.55. The zero-order valence-corrected chi connectivity index (χ0v) is 16.8. The summed E-state index contributed by atoms with van der Waals surface area (Å²) in [6, 6.07) is 15.6. The van der Waals surface area contributed by atoms with Crippen LogP contribution in [0.25, 0.3) is 5.57 Å². The van der Waals surface area contributed by atoms with Crippen LogP contribution >= 0.6 is 11.8 Å². The van der Waals surface area contributed by atoms with E-state index >= 15 is 0 Å². The van der Waals surface area contributed by atoms with Gasteiger partial charge in [0, 0.05) is 12.3 Å². The topological polar surface area (TPSA) is 37.4 Å². The van der Waals surface area contributed by atoms with Crippen molar-refractivity contribution in [3.05, 3.63) is 76.4 Å². The molecular formula is C23H24FNO2S. The summed E-state index contributed by atoms with van der Waals surface area (Å²) in [4.78, 5) is 27.8. The van der Waals surface area contributed by atoms with Crippen molar-refractivity contribution in [3.8, 4) is 0 Å². The van der Waals surface area contributed by atoms with Crippen molar-refractivity contribution in [2.75, 3.05) is 6.54 Å². The first-order valence-electron chi connectivity index (χ1n) is 9.65. The summed E-state index contributed by atoms with van der Waals surface area (Å²) < 4.78 is 13.3. The molecule has 0 fully saturated rings. The SMILES string of the molecule is CCCCCCN1C(=O)C(SCc2ccccc2)=C(c2ccc(F)cc2)C1=O. The Labute approximate surface area is 169 Å². The van der Waals surface area contributed by atoms with Crippen molar-refractivity contribution in [2.45, 2.75) is 38.4 Å². The van der Waals surface area contributed by atoms with Crippen molar-refractivity contribution >= 4 is 29.1 Å². The Hall–Kier alpha value is -2.40. The maximum atomic E-state index is 13.3. The average molecular weight is 398 g/mol. The Bertz CT molecular complexity index is 862. The maximum Gasteiger partial charge on any atom is 0.267 e. The number of unbranched alkanes of at least 4 members (excludes halogenated alkanes) is 3. The lowest BCUT2D eigenvalue weighted by Gasteiger charge is -2.14. The molecule has 0 unspecified atom stereocenters. The molecule has 1 aliphatic heterocycles. The third kappa shape index (κ3) is 4.71. The third-order valence-corrected chi connectivity index (χ3v) is 5.86. The highest BCUT2D eigenvalue weighted by Crippen LogP contribution is 2.37. The largest absolute Gasteiger partial charge is 0.274 e. The van der Waals surface area contributed by atoms with E-state index in [0.29, 0.717) is 28.3 Å². The minimum absolute atomic E-state index is 0.234. The van der Waals surface area contributed by atoms with Gasteiger partial charge in [0.1, 0.15) is 5.82 Å². The summed E-state index contributed by atoms with van der Waals surface area (Å²) >= 11 is 1.38. The Morgan fingerprint density at radius 1 is 0.893 bits per heavy atom. The van der Waals surface area contributed by atoms with Crippen LogP contribution in [0.1, 0.15) is 43.7 Å². The molecule has 1 heterocycles. The van der Waals surface area contributed by atoms with Crippen LogP contribution < -0.4 is 0 Å². The van der Waals surface area contributed by atoms with Crippen LogP contribution in [0.15, 0.2) is 59.5 Å². The van der Waals surface area contributed by atoms with Crippen molar-refractivity contribution in [1.29, 1.82) is 0 Å². The highest BCUT2D eigenvalue weighted by Gasteiger charge is 2.38. The molecule has 2 aromatic carbocycles. The standard InChI is InChI=1S/C23H24FNO2S/c1-2-3-4-8-15-25-22(26)20(18-11-13-19(24)14-12-18)21(23(25)27)28-16-17-9-6-5-7-10-17/h5-7,9-14H,2-4,8,15-16H2,1H3. The highest BCUT2D eigenvalue weighted by molar-refractivity contribution is 8.03. The fourth-order valence-corrected chi connectivity index (χ4v) is 4.27. The Balaban J connectivity index is 1.85. The van der Waals surface area contributed by atoms with E-state index < -0.39 is 0 Å². The lowest BCUT2D eigenvalue weighted by molar-refractivity contribution is -0.136. The van der Waals surface area contributed by atoms with Crippen LogP contribution in [0, 0.1) is 5.82 Å². The number of hydrogen-bond acceptors (Lipinski definition) is 3. The molecule has 28 heavy (non-hydrogen) atoms. The van der Waals surface area contributed by atoms with Crippen LogP contribution in [0.2, 0.25) is 0 Å². The summed E-state index contributed by atoms with van der Waals surface area (Å²) in [6.07, 6.45) is 3.98. The lowest BCUT2D eigenvalue weighted by atomic mass is 10.1. The van der Waals surface area contributed by atoms with Crippen LogP contribution in [0.4, 0.5) is 4.39 Å². The highest BCUT2D eigenvalue weighted by atomic mass is 32.2. The zero-order chi connectivity index (χ0) is 19.9. The molecule has 0 saturated carbocycles. The number of carbonyl (C=O) groups is 2. The molecule has 0 N–H and O–H groups in total. The van der Waals surface area contributed by atoms with Gasteiger partial charge < -0.3 is 0 Å². The number of amides is 2. The summed E-state index contributed by atoms with van der Waals surface area (Å²) in [5.74, 6) is -0.273. The minimum atomic E-state index is -0.365. The number of halogens is 1. The fraction of sp³-hybridized carbons (Fsp3) is 0.304. The van der Waals surface area contributed by atoms with E-state index in [0.717, 1.165) is 31.2 Å². The van der Waals surface area contributed by atoms with Gasteiger partial charge in [0.25, 0.3) is 11.8 Å². The molecule has 0 atom stereocenters. The summed E-state index contributed by atoms with van der Waals surface area (Å²) in [7, 11) is 0. The minimum Gasteiger partial charge on any atom is -0.274 e. The van der Waals surface area contributed by atoms with Crippen LogP contribution in [0.5, 0.6) is 0 Å². The van der Waals surface area contributed by atoms with Crippen molar-refractivity contribution in [1.82, 2.24) is 4.90 Å². The van der Waals surface area contributed by atoms with Gasteiger partial charge in [0.2, 0.25) is 0 Å². The number of thioether (sulfide) groups is 1. The first-order valence-corrected chi connectivity index (χ1v) is 10.6. The molecule has 3 rings (SSSR count). The van der Waals surface area contributed by atoms with Crippen molar-refractivity contribution in [2.24, 2.45) is 0 Å². The molecule has 0 saturated heterocycles. The Kier molecular flexibility index (Phi) is 7.04. The Morgan fingerprint density at radius 3 is 2.29 bits per heavy atom.